The third kappa shape index (κ3) is 7.73. The number of aldehydes is 1. The minimum atomic E-state index is -2.72. The molecular weight excluding hydrogens is 499 g/mol. The van der Waals surface area contributed by atoms with Crippen molar-refractivity contribution in [2.24, 2.45) is 4.74 Å². The van der Waals surface area contributed by atoms with Crippen molar-refractivity contribution in [2.45, 2.75) is 45.9 Å². The highest BCUT2D eigenvalue weighted by Gasteiger charge is 2.26. The molecule has 0 fully saturated rings. The van der Waals surface area contributed by atoms with Gasteiger partial charge in [0.15, 0.2) is 18.1 Å². The number of esters is 1. The molecule has 0 aliphatic carbocycles. The van der Waals surface area contributed by atoms with E-state index in [-0.39, 0.29) is 41.6 Å². The van der Waals surface area contributed by atoms with Crippen LogP contribution in [0, 0.1) is 6.92 Å². The Hall–Kier alpha value is -4.01. The summed E-state index contributed by atoms with van der Waals surface area (Å²) in [6, 6.07) is 11.5. The number of carbonyl (C=O) groups is 2. The van der Waals surface area contributed by atoms with Crippen molar-refractivity contribution in [2.75, 3.05) is 0 Å². The summed E-state index contributed by atoms with van der Waals surface area (Å²) in [4.78, 5) is 40.9. The van der Waals surface area contributed by atoms with Gasteiger partial charge in [0.25, 0.3) is 0 Å². The SMILES string of the molecule is Cc1ncc(COc2ccccc2O[P+]([O-])=N[C@@H](Cc2ccc(O)cc2)C(=O)OC(C)C)c(C=O)c1O. The van der Waals surface area contributed by atoms with Crippen molar-refractivity contribution in [3.63, 3.8) is 0 Å². The summed E-state index contributed by atoms with van der Waals surface area (Å²) in [5.74, 6) is -0.504. The van der Waals surface area contributed by atoms with E-state index < -0.39 is 26.3 Å². The molecule has 37 heavy (non-hydrogen) atoms. The van der Waals surface area contributed by atoms with Crippen LogP contribution >= 0.6 is 8.17 Å². The number of benzene rings is 2. The topological polar surface area (TPSA) is 151 Å². The van der Waals surface area contributed by atoms with Crippen molar-refractivity contribution >= 4 is 20.4 Å². The molecule has 0 bridgehead atoms. The van der Waals surface area contributed by atoms with Crippen LogP contribution < -0.4 is 14.2 Å². The Morgan fingerprint density at radius 3 is 2.46 bits per heavy atom. The first-order valence-electron chi connectivity index (χ1n) is 11.4. The molecule has 0 saturated carbocycles. The highest BCUT2D eigenvalue weighted by molar-refractivity contribution is 7.34. The smallest absolute Gasteiger partial charge is 0.395 e. The zero-order chi connectivity index (χ0) is 26.9. The molecule has 0 amide bonds. The van der Waals surface area contributed by atoms with Gasteiger partial charge in [0.2, 0.25) is 5.75 Å². The van der Waals surface area contributed by atoms with E-state index in [9.17, 15) is 24.7 Å². The first-order chi connectivity index (χ1) is 17.7. The molecule has 1 aromatic heterocycles. The van der Waals surface area contributed by atoms with Crippen molar-refractivity contribution in [1.82, 2.24) is 4.98 Å². The van der Waals surface area contributed by atoms with Crippen LogP contribution in [0.5, 0.6) is 23.0 Å². The van der Waals surface area contributed by atoms with Gasteiger partial charge in [-0.05, 0) is 50.6 Å². The molecule has 10 nitrogen and oxygen atoms in total. The monoisotopic (exact) mass is 526 g/mol. The fourth-order valence-electron chi connectivity index (χ4n) is 3.26. The van der Waals surface area contributed by atoms with Crippen LogP contribution in [0.2, 0.25) is 0 Å². The summed E-state index contributed by atoms with van der Waals surface area (Å²) in [6.07, 6.45) is 1.63. The maximum Gasteiger partial charge on any atom is 0.395 e. The fourth-order valence-corrected chi connectivity index (χ4v) is 4.03. The van der Waals surface area contributed by atoms with Crippen molar-refractivity contribution in [3.8, 4) is 23.0 Å². The summed E-state index contributed by atoms with van der Waals surface area (Å²) < 4.78 is 20.6. The fraction of sp³-hybridized carbons (Fsp3) is 0.269. The van der Waals surface area contributed by atoms with Gasteiger partial charge >= 0.3 is 14.1 Å². The number of rotatable bonds is 11. The summed E-state index contributed by atoms with van der Waals surface area (Å²) in [5, 5.41) is 19.6. The average molecular weight is 526 g/mol. The molecule has 0 spiro atoms. The van der Waals surface area contributed by atoms with E-state index in [2.05, 4.69) is 9.73 Å². The summed E-state index contributed by atoms with van der Waals surface area (Å²) in [5.41, 5.74) is 1.41. The third-order valence-electron chi connectivity index (χ3n) is 5.11. The quantitative estimate of drug-likeness (QED) is 0.215. The third-order valence-corrected chi connectivity index (χ3v) is 5.93. The first-order valence-corrected chi connectivity index (χ1v) is 12.5. The number of phenols is 1. The van der Waals surface area contributed by atoms with Gasteiger partial charge in [-0.1, -0.05) is 29.0 Å². The van der Waals surface area contributed by atoms with Crippen LogP contribution in [0.4, 0.5) is 0 Å². The van der Waals surface area contributed by atoms with E-state index >= 15 is 0 Å². The van der Waals surface area contributed by atoms with Crippen molar-refractivity contribution in [1.29, 1.82) is 0 Å². The second-order valence-corrected chi connectivity index (χ2v) is 9.19. The van der Waals surface area contributed by atoms with Gasteiger partial charge in [0, 0.05) is 18.2 Å². The van der Waals surface area contributed by atoms with Crippen LogP contribution in [0.3, 0.4) is 0 Å². The summed E-state index contributed by atoms with van der Waals surface area (Å²) in [6.45, 7) is 4.84. The molecule has 0 aliphatic rings. The summed E-state index contributed by atoms with van der Waals surface area (Å²) >= 11 is 0. The number of pyridine rings is 1. The molecular formula is C26H27N2O8P. The Morgan fingerprint density at radius 1 is 1.14 bits per heavy atom. The van der Waals surface area contributed by atoms with Gasteiger partial charge in [-0.25, -0.2) is 4.79 Å². The van der Waals surface area contributed by atoms with Crippen LogP contribution in [-0.4, -0.2) is 39.6 Å². The first kappa shape index (κ1) is 27.6. The molecule has 3 rings (SSSR count). The van der Waals surface area contributed by atoms with E-state index in [0.29, 0.717) is 23.1 Å². The Balaban J connectivity index is 1.79. The number of phenolic OH excluding ortho intramolecular Hbond substituents is 1. The Kier molecular flexibility index (Phi) is 9.54. The van der Waals surface area contributed by atoms with Crippen LogP contribution in [0.15, 0.2) is 59.5 Å². The number of ether oxygens (including phenoxy) is 2. The lowest BCUT2D eigenvalue weighted by Crippen LogP contribution is -2.26. The molecule has 0 radical (unpaired) electrons. The van der Waals surface area contributed by atoms with Gasteiger partial charge in [0.05, 0.1) is 17.4 Å². The molecule has 194 valence electrons. The maximum absolute atomic E-state index is 12.8. The van der Waals surface area contributed by atoms with Gasteiger partial charge in [-0.2, -0.15) is 0 Å². The zero-order valence-electron chi connectivity index (χ0n) is 20.5. The number of aryl methyl sites for hydroxylation is 1. The van der Waals surface area contributed by atoms with Crippen molar-refractivity contribution in [3.05, 3.63) is 77.1 Å². The normalized spacial score (nSPS) is 12.2. The largest absolute Gasteiger partial charge is 0.575 e. The number of hydrogen-bond donors (Lipinski definition) is 2. The molecule has 2 aromatic carbocycles. The van der Waals surface area contributed by atoms with Gasteiger partial charge in [-0.15, -0.1) is 0 Å². The van der Waals surface area contributed by atoms with Gasteiger partial charge in [0.1, 0.15) is 18.1 Å². The standard InChI is InChI=1S/C26H27N2O8P/c1-16(2)35-26(32)22(12-18-8-10-20(30)11-9-18)28-37(33)36-24-7-5-4-6-23(24)34-15-19-13-27-17(3)25(31)21(19)14-29/h4-11,13-14,16,22,30-31H,12,15H2,1-3H3/t22-/m0/s1. The molecule has 1 unspecified atom stereocenters. The number of carbonyl (C=O) groups excluding carboxylic acids is 2. The molecule has 3 aromatic rings. The lowest BCUT2D eigenvalue weighted by molar-refractivity contribution is -0.170. The second-order valence-electron chi connectivity index (χ2n) is 8.30. The van der Waals surface area contributed by atoms with Crippen LogP contribution in [0.1, 0.15) is 41.0 Å². The molecule has 0 aliphatic heterocycles. The average Bonchev–Trinajstić information content (AvgIpc) is 2.86. The van der Waals surface area contributed by atoms with E-state index in [1.807, 2.05) is 0 Å². The van der Waals surface area contributed by atoms with Crippen LogP contribution in [-0.2, 0) is 22.6 Å². The zero-order valence-corrected chi connectivity index (χ0v) is 21.4. The second kappa shape index (κ2) is 12.8. The van der Waals surface area contributed by atoms with Gasteiger partial charge in [-0.3, -0.25) is 14.3 Å². The molecule has 2 N–H and O–H groups in total. The van der Waals surface area contributed by atoms with E-state index in [0.717, 1.165) is 0 Å². The highest BCUT2D eigenvalue weighted by Crippen LogP contribution is 2.34. The number of para-hydroxylation sites is 2. The molecule has 11 heteroatoms. The minimum Gasteiger partial charge on any atom is -0.575 e. The maximum atomic E-state index is 12.8. The molecule has 1 heterocycles. The molecule has 0 saturated heterocycles. The van der Waals surface area contributed by atoms with Crippen molar-refractivity contribution < 1.29 is 38.7 Å². The van der Waals surface area contributed by atoms with E-state index in [1.165, 1.54) is 24.4 Å². The number of hydrogen-bond acceptors (Lipinski definition) is 10. The molecule has 2 atom stereocenters. The van der Waals surface area contributed by atoms with Gasteiger partial charge < -0.3 is 24.6 Å². The van der Waals surface area contributed by atoms with Crippen LogP contribution in [0.25, 0.3) is 0 Å². The number of aromatic hydroxyl groups is 2. The van der Waals surface area contributed by atoms with E-state index in [1.54, 1.807) is 51.1 Å². The van der Waals surface area contributed by atoms with E-state index in [4.69, 9.17) is 14.0 Å². The Bertz CT molecular complexity index is 1280. The predicted octanol–water partition coefficient (Wildman–Crippen LogP) is 3.99. The number of aromatic nitrogens is 1. The Morgan fingerprint density at radius 2 is 1.81 bits per heavy atom. The Labute approximate surface area is 215 Å². The predicted molar refractivity (Wildman–Crippen MR) is 134 cm³/mol. The lowest BCUT2D eigenvalue weighted by Gasteiger charge is -2.14. The lowest BCUT2D eigenvalue weighted by atomic mass is 10.1. The summed E-state index contributed by atoms with van der Waals surface area (Å²) in [7, 11) is -2.72. The minimum absolute atomic E-state index is 0.0627. The highest BCUT2D eigenvalue weighted by atomic mass is 31.1. The number of nitrogens with zero attached hydrogens (tertiary/aromatic N) is 2.